The molecule has 1 aliphatic carbocycles. The Balaban J connectivity index is 1.96. The number of nitrogens with one attached hydrogen (secondary N) is 1. The maximum absolute atomic E-state index is 3.82. The van der Waals surface area contributed by atoms with Crippen LogP contribution >= 0.6 is 0 Å². The SMILES string of the molecule is CCC(C)CC(C)N1CC(C)(C2CC2)NCC1C. The molecular weight excluding hydrogens is 220 g/mol. The van der Waals surface area contributed by atoms with E-state index in [1.165, 1.54) is 32.2 Å². The van der Waals surface area contributed by atoms with E-state index in [0.29, 0.717) is 11.6 Å². The van der Waals surface area contributed by atoms with Crippen LogP contribution in [0.3, 0.4) is 0 Å². The molecule has 1 saturated carbocycles. The molecule has 0 spiro atoms. The number of hydrogen-bond donors (Lipinski definition) is 1. The summed E-state index contributed by atoms with van der Waals surface area (Å²) in [6.07, 6.45) is 5.53. The van der Waals surface area contributed by atoms with Gasteiger partial charge in [0.2, 0.25) is 0 Å². The Labute approximate surface area is 114 Å². The van der Waals surface area contributed by atoms with E-state index < -0.39 is 0 Å². The van der Waals surface area contributed by atoms with Crippen LogP contribution in [0, 0.1) is 11.8 Å². The maximum Gasteiger partial charge on any atom is 0.0309 e. The number of nitrogens with zero attached hydrogens (tertiary/aromatic N) is 1. The molecule has 2 fully saturated rings. The van der Waals surface area contributed by atoms with E-state index in [4.69, 9.17) is 0 Å². The van der Waals surface area contributed by atoms with E-state index in [2.05, 4.69) is 44.8 Å². The van der Waals surface area contributed by atoms with Crippen LogP contribution in [0.1, 0.15) is 60.3 Å². The zero-order valence-corrected chi connectivity index (χ0v) is 13.0. The van der Waals surface area contributed by atoms with Gasteiger partial charge in [-0.3, -0.25) is 4.90 Å². The highest BCUT2D eigenvalue weighted by Crippen LogP contribution is 2.41. The van der Waals surface area contributed by atoms with E-state index in [-0.39, 0.29) is 0 Å². The first-order chi connectivity index (χ1) is 8.46. The number of piperazine rings is 1. The van der Waals surface area contributed by atoms with Crippen molar-refractivity contribution in [2.45, 2.75) is 77.9 Å². The molecule has 18 heavy (non-hydrogen) atoms. The number of hydrogen-bond acceptors (Lipinski definition) is 2. The molecule has 106 valence electrons. The summed E-state index contributed by atoms with van der Waals surface area (Å²) in [6.45, 7) is 14.4. The Morgan fingerprint density at radius 3 is 2.56 bits per heavy atom. The Kier molecular flexibility index (Phi) is 4.38. The van der Waals surface area contributed by atoms with Crippen LogP contribution < -0.4 is 5.32 Å². The Morgan fingerprint density at radius 2 is 2.00 bits per heavy atom. The predicted molar refractivity (Wildman–Crippen MR) is 78.8 cm³/mol. The summed E-state index contributed by atoms with van der Waals surface area (Å²) in [6, 6.07) is 1.42. The van der Waals surface area contributed by atoms with Crippen LogP contribution in [0.15, 0.2) is 0 Å². The number of rotatable bonds is 5. The summed E-state index contributed by atoms with van der Waals surface area (Å²) < 4.78 is 0. The highest BCUT2D eigenvalue weighted by Gasteiger charge is 2.46. The molecule has 4 atom stereocenters. The molecule has 2 rings (SSSR count). The van der Waals surface area contributed by atoms with Crippen molar-refractivity contribution in [2.24, 2.45) is 11.8 Å². The van der Waals surface area contributed by atoms with Gasteiger partial charge in [-0.25, -0.2) is 0 Å². The summed E-state index contributed by atoms with van der Waals surface area (Å²) in [4.78, 5) is 2.76. The summed E-state index contributed by atoms with van der Waals surface area (Å²) in [5.41, 5.74) is 0.385. The standard InChI is InChI=1S/C16H32N2/c1-6-12(2)9-13(3)18-11-16(5,15-7-8-15)17-10-14(18)4/h12-15,17H,6-11H2,1-5H3. The molecule has 0 radical (unpaired) electrons. The van der Waals surface area contributed by atoms with Crippen molar-refractivity contribution in [1.82, 2.24) is 10.2 Å². The molecule has 1 N–H and O–H groups in total. The Hall–Kier alpha value is -0.0800. The van der Waals surface area contributed by atoms with Gasteiger partial charge in [0.05, 0.1) is 0 Å². The maximum atomic E-state index is 3.82. The second kappa shape index (κ2) is 5.50. The predicted octanol–water partition coefficient (Wildman–Crippen LogP) is 3.27. The highest BCUT2D eigenvalue weighted by molar-refractivity contribution is 5.04. The van der Waals surface area contributed by atoms with Crippen LogP contribution in [-0.4, -0.2) is 35.6 Å². The van der Waals surface area contributed by atoms with Gasteiger partial charge in [0, 0.05) is 30.7 Å². The molecule has 1 aliphatic heterocycles. The van der Waals surface area contributed by atoms with Crippen molar-refractivity contribution >= 4 is 0 Å². The van der Waals surface area contributed by atoms with Crippen LogP contribution in [-0.2, 0) is 0 Å². The quantitative estimate of drug-likeness (QED) is 0.808. The van der Waals surface area contributed by atoms with E-state index in [1.54, 1.807) is 0 Å². The Morgan fingerprint density at radius 1 is 1.33 bits per heavy atom. The van der Waals surface area contributed by atoms with Gasteiger partial charge in [-0.15, -0.1) is 0 Å². The summed E-state index contributed by atoms with van der Waals surface area (Å²) >= 11 is 0. The van der Waals surface area contributed by atoms with Crippen LogP contribution in [0.5, 0.6) is 0 Å². The lowest BCUT2D eigenvalue weighted by Crippen LogP contribution is -2.65. The minimum Gasteiger partial charge on any atom is -0.308 e. The topological polar surface area (TPSA) is 15.3 Å². The van der Waals surface area contributed by atoms with Gasteiger partial charge in [0.15, 0.2) is 0 Å². The lowest BCUT2D eigenvalue weighted by molar-refractivity contribution is 0.0438. The van der Waals surface area contributed by atoms with Gasteiger partial charge >= 0.3 is 0 Å². The van der Waals surface area contributed by atoms with Crippen molar-refractivity contribution in [3.05, 3.63) is 0 Å². The van der Waals surface area contributed by atoms with Gasteiger partial charge in [-0.2, -0.15) is 0 Å². The molecule has 0 aromatic carbocycles. The normalized spacial score (nSPS) is 37.5. The zero-order valence-electron chi connectivity index (χ0n) is 13.0. The summed E-state index contributed by atoms with van der Waals surface area (Å²) in [5.74, 6) is 1.79. The first-order valence-corrected chi connectivity index (χ1v) is 7.97. The monoisotopic (exact) mass is 252 g/mol. The zero-order chi connectivity index (χ0) is 13.3. The average Bonchev–Trinajstić information content (AvgIpc) is 3.16. The minimum atomic E-state index is 0.385. The molecule has 0 amide bonds. The molecule has 1 saturated heterocycles. The lowest BCUT2D eigenvalue weighted by Gasteiger charge is -2.48. The van der Waals surface area contributed by atoms with Crippen molar-refractivity contribution in [3.8, 4) is 0 Å². The first-order valence-electron chi connectivity index (χ1n) is 7.97. The summed E-state index contributed by atoms with van der Waals surface area (Å²) in [5, 5.41) is 3.82. The fourth-order valence-corrected chi connectivity index (χ4v) is 3.56. The molecular formula is C16H32N2. The van der Waals surface area contributed by atoms with Crippen LogP contribution in [0.25, 0.3) is 0 Å². The second-order valence-electron chi connectivity index (χ2n) is 7.19. The molecule has 0 aromatic rings. The van der Waals surface area contributed by atoms with E-state index in [9.17, 15) is 0 Å². The van der Waals surface area contributed by atoms with Crippen molar-refractivity contribution in [2.75, 3.05) is 13.1 Å². The van der Waals surface area contributed by atoms with Crippen molar-refractivity contribution in [3.63, 3.8) is 0 Å². The molecule has 2 nitrogen and oxygen atoms in total. The lowest BCUT2D eigenvalue weighted by atomic mass is 9.89. The van der Waals surface area contributed by atoms with E-state index in [0.717, 1.165) is 24.4 Å². The third kappa shape index (κ3) is 3.08. The molecule has 0 bridgehead atoms. The first kappa shape index (κ1) is 14.3. The molecule has 4 unspecified atom stereocenters. The molecule has 2 heteroatoms. The molecule has 1 heterocycles. The van der Waals surface area contributed by atoms with Crippen molar-refractivity contribution in [1.29, 1.82) is 0 Å². The average molecular weight is 252 g/mol. The van der Waals surface area contributed by atoms with Gasteiger partial charge in [0.25, 0.3) is 0 Å². The van der Waals surface area contributed by atoms with Crippen LogP contribution in [0.2, 0.25) is 0 Å². The van der Waals surface area contributed by atoms with Gasteiger partial charge in [-0.1, -0.05) is 20.3 Å². The fourth-order valence-electron chi connectivity index (χ4n) is 3.56. The third-order valence-corrected chi connectivity index (χ3v) is 5.36. The van der Waals surface area contributed by atoms with Gasteiger partial charge in [0.1, 0.15) is 0 Å². The fraction of sp³-hybridized carbons (Fsp3) is 1.00. The third-order valence-electron chi connectivity index (χ3n) is 5.36. The second-order valence-corrected chi connectivity index (χ2v) is 7.19. The Bertz CT molecular complexity index is 274. The minimum absolute atomic E-state index is 0.385. The van der Waals surface area contributed by atoms with Crippen molar-refractivity contribution < 1.29 is 0 Å². The van der Waals surface area contributed by atoms with Crippen LogP contribution in [0.4, 0.5) is 0 Å². The van der Waals surface area contributed by atoms with E-state index in [1.807, 2.05) is 0 Å². The summed E-state index contributed by atoms with van der Waals surface area (Å²) in [7, 11) is 0. The molecule has 2 aliphatic rings. The molecule has 0 aromatic heterocycles. The largest absolute Gasteiger partial charge is 0.308 e. The van der Waals surface area contributed by atoms with Gasteiger partial charge < -0.3 is 5.32 Å². The smallest absolute Gasteiger partial charge is 0.0309 e. The highest BCUT2D eigenvalue weighted by atomic mass is 15.3. The van der Waals surface area contributed by atoms with E-state index >= 15 is 0 Å². The van der Waals surface area contributed by atoms with Gasteiger partial charge in [-0.05, 0) is 51.9 Å².